The lowest BCUT2D eigenvalue weighted by Gasteiger charge is -2.33. The third kappa shape index (κ3) is 5.02. The number of aryl methyl sites for hydroxylation is 1. The molecule has 0 unspecified atom stereocenters. The molecule has 1 N–H and O–H groups in total. The minimum atomic E-state index is -0.107. The molecule has 0 saturated carbocycles. The van der Waals surface area contributed by atoms with Crippen molar-refractivity contribution in [2.24, 2.45) is 5.92 Å². The molecule has 2 heterocycles. The first-order valence-corrected chi connectivity index (χ1v) is 10.3. The average Bonchev–Trinajstić information content (AvgIpc) is 2.76. The fourth-order valence-electron chi connectivity index (χ4n) is 3.95. The summed E-state index contributed by atoms with van der Waals surface area (Å²) in [6, 6.07) is 22.3. The Labute approximate surface area is 172 Å². The van der Waals surface area contributed by atoms with E-state index in [4.69, 9.17) is 0 Å². The second-order valence-electron chi connectivity index (χ2n) is 7.85. The Balaban J connectivity index is 1.31. The van der Waals surface area contributed by atoms with Crippen LogP contribution in [0.3, 0.4) is 0 Å². The predicted octanol–water partition coefficient (Wildman–Crippen LogP) is 5.10. The maximum Gasteiger partial charge on any atom is 0.255 e. The molecule has 0 spiro atoms. The molecule has 0 bridgehead atoms. The Morgan fingerprint density at radius 3 is 2.52 bits per heavy atom. The Kier molecular flexibility index (Phi) is 5.89. The van der Waals surface area contributed by atoms with Gasteiger partial charge in [0.1, 0.15) is 5.82 Å². The molecule has 1 saturated heterocycles. The number of hydrogen-bond acceptors (Lipinski definition) is 3. The number of amides is 1. The van der Waals surface area contributed by atoms with Crippen molar-refractivity contribution in [2.45, 2.75) is 26.2 Å². The summed E-state index contributed by atoms with van der Waals surface area (Å²) in [6.45, 7) is 4.04. The van der Waals surface area contributed by atoms with Gasteiger partial charge >= 0.3 is 0 Å². The lowest BCUT2D eigenvalue weighted by Crippen LogP contribution is -2.34. The molecule has 4 rings (SSSR count). The summed E-state index contributed by atoms with van der Waals surface area (Å²) in [7, 11) is 0. The summed E-state index contributed by atoms with van der Waals surface area (Å²) in [5.74, 6) is 1.61. The largest absolute Gasteiger partial charge is 0.357 e. The number of nitrogens with one attached hydrogen (secondary N) is 1. The van der Waals surface area contributed by atoms with Gasteiger partial charge in [0.2, 0.25) is 0 Å². The lowest BCUT2D eigenvalue weighted by atomic mass is 9.90. The van der Waals surface area contributed by atoms with Gasteiger partial charge in [0.05, 0.1) is 11.9 Å². The number of rotatable bonds is 5. The summed E-state index contributed by atoms with van der Waals surface area (Å²) >= 11 is 0. The average molecular weight is 386 g/mol. The summed E-state index contributed by atoms with van der Waals surface area (Å²) in [4.78, 5) is 19.3. The first-order chi connectivity index (χ1) is 14.2. The SMILES string of the molecule is Cc1cccc(C(=O)Nc2ccc(N3CCC(Cc4ccccc4)CC3)nc2)c1. The zero-order valence-electron chi connectivity index (χ0n) is 16.8. The van der Waals surface area contributed by atoms with Crippen LogP contribution >= 0.6 is 0 Å². The van der Waals surface area contributed by atoms with E-state index in [-0.39, 0.29) is 5.91 Å². The van der Waals surface area contributed by atoms with Crippen molar-refractivity contribution in [1.29, 1.82) is 0 Å². The maximum absolute atomic E-state index is 12.4. The van der Waals surface area contributed by atoms with Crippen molar-refractivity contribution in [2.75, 3.05) is 23.3 Å². The van der Waals surface area contributed by atoms with Gasteiger partial charge in [-0.3, -0.25) is 4.79 Å². The highest BCUT2D eigenvalue weighted by atomic mass is 16.1. The van der Waals surface area contributed by atoms with Gasteiger partial charge in [-0.15, -0.1) is 0 Å². The molecule has 148 valence electrons. The van der Waals surface area contributed by atoms with Crippen LogP contribution in [0.2, 0.25) is 0 Å². The summed E-state index contributed by atoms with van der Waals surface area (Å²) in [5.41, 5.74) is 3.88. The topological polar surface area (TPSA) is 45.2 Å². The van der Waals surface area contributed by atoms with Crippen molar-refractivity contribution in [1.82, 2.24) is 4.98 Å². The van der Waals surface area contributed by atoms with Crippen LogP contribution in [0, 0.1) is 12.8 Å². The van der Waals surface area contributed by atoms with Crippen molar-refractivity contribution in [3.8, 4) is 0 Å². The third-order valence-corrected chi connectivity index (χ3v) is 5.59. The van der Waals surface area contributed by atoms with Crippen molar-refractivity contribution < 1.29 is 4.79 Å². The van der Waals surface area contributed by atoms with Crippen molar-refractivity contribution >= 4 is 17.4 Å². The van der Waals surface area contributed by atoms with Crippen LogP contribution in [-0.4, -0.2) is 24.0 Å². The quantitative estimate of drug-likeness (QED) is 0.664. The van der Waals surface area contributed by atoms with Gasteiger partial charge in [0.25, 0.3) is 5.91 Å². The van der Waals surface area contributed by atoms with Crippen LogP contribution in [0.15, 0.2) is 72.9 Å². The third-order valence-electron chi connectivity index (χ3n) is 5.59. The molecule has 1 aliphatic rings. The van der Waals surface area contributed by atoms with Crippen molar-refractivity contribution in [3.63, 3.8) is 0 Å². The van der Waals surface area contributed by atoms with Crippen LogP contribution in [0.25, 0.3) is 0 Å². The fourth-order valence-corrected chi connectivity index (χ4v) is 3.95. The Morgan fingerprint density at radius 1 is 1.03 bits per heavy atom. The Morgan fingerprint density at radius 2 is 1.83 bits per heavy atom. The van der Waals surface area contributed by atoms with E-state index in [2.05, 4.69) is 45.5 Å². The van der Waals surface area contributed by atoms with Gasteiger partial charge in [-0.05, 0) is 61.9 Å². The van der Waals surface area contributed by atoms with Gasteiger partial charge in [-0.1, -0.05) is 48.0 Å². The van der Waals surface area contributed by atoms with Gasteiger partial charge in [0, 0.05) is 18.7 Å². The predicted molar refractivity (Wildman–Crippen MR) is 118 cm³/mol. The monoisotopic (exact) mass is 385 g/mol. The van der Waals surface area contributed by atoms with E-state index in [1.165, 1.54) is 18.4 Å². The highest BCUT2D eigenvalue weighted by Crippen LogP contribution is 2.25. The Bertz CT molecular complexity index is 945. The van der Waals surface area contributed by atoms with Gasteiger partial charge in [-0.25, -0.2) is 4.98 Å². The molecule has 2 aromatic carbocycles. The standard InChI is InChI=1S/C25H27N3O/c1-19-6-5-9-22(16-19)25(29)27-23-10-11-24(26-18-23)28-14-12-21(13-15-28)17-20-7-3-2-4-8-20/h2-11,16,18,21H,12-15,17H2,1H3,(H,27,29). The molecular formula is C25H27N3O. The van der Waals surface area contributed by atoms with E-state index < -0.39 is 0 Å². The number of carbonyl (C=O) groups is 1. The highest BCUT2D eigenvalue weighted by Gasteiger charge is 2.20. The molecule has 4 nitrogen and oxygen atoms in total. The number of pyridine rings is 1. The molecular weight excluding hydrogens is 358 g/mol. The van der Waals surface area contributed by atoms with E-state index in [0.29, 0.717) is 5.56 Å². The van der Waals surface area contributed by atoms with Crippen LogP contribution in [0.5, 0.6) is 0 Å². The van der Waals surface area contributed by atoms with Gasteiger partial charge < -0.3 is 10.2 Å². The number of aromatic nitrogens is 1. The molecule has 1 amide bonds. The first-order valence-electron chi connectivity index (χ1n) is 10.3. The van der Waals surface area contributed by atoms with Crippen LogP contribution in [0.4, 0.5) is 11.5 Å². The number of nitrogens with zero attached hydrogens (tertiary/aromatic N) is 2. The molecule has 4 heteroatoms. The Hall–Kier alpha value is -3.14. The highest BCUT2D eigenvalue weighted by molar-refractivity contribution is 6.04. The van der Waals surface area contributed by atoms with Crippen LogP contribution in [-0.2, 0) is 6.42 Å². The smallest absolute Gasteiger partial charge is 0.255 e. The first kappa shape index (κ1) is 19.2. The molecule has 0 aliphatic carbocycles. The second kappa shape index (κ2) is 8.91. The zero-order chi connectivity index (χ0) is 20.1. The second-order valence-corrected chi connectivity index (χ2v) is 7.85. The number of carbonyl (C=O) groups excluding carboxylic acids is 1. The minimum Gasteiger partial charge on any atom is -0.357 e. The maximum atomic E-state index is 12.4. The number of piperidine rings is 1. The molecule has 0 radical (unpaired) electrons. The van der Waals surface area contributed by atoms with Crippen LogP contribution < -0.4 is 10.2 Å². The van der Waals surface area contributed by atoms with Gasteiger partial charge in [-0.2, -0.15) is 0 Å². The number of hydrogen-bond donors (Lipinski definition) is 1. The summed E-state index contributed by atoms with van der Waals surface area (Å²) in [5, 5.41) is 2.93. The molecule has 1 fully saturated rings. The molecule has 3 aromatic rings. The molecule has 1 aliphatic heterocycles. The summed E-state index contributed by atoms with van der Waals surface area (Å²) < 4.78 is 0. The molecule has 0 atom stereocenters. The van der Waals surface area contributed by atoms with Gasteiger partial charge in [0.15, 0.2) is 0 Å². The van der Waals surface area contributed by atoms with E-state index in [1.54, 1.807) is 6.20 Å². The number of benzene rings is 2. The van der Waals surface area contributed by atoms with Crippen molar-refractivity contribution in [3.05, 3.63) is 89.6 Å². The summed E-state index contributed by atoms with van der Waals surface area (Å²) in [6.07, 6.45) is 5.27. The lowest BCUT2D eigenvalue weighted by molar-refractivity contribution is 0.102. The van der Waals surface area contributed by atoms with E-state index in [9.17, 15) is 4.79 Å². The zero-order valence-corrected chi connectivity index (χ0v) is 16.8. The van der Waals surface area contributed by atoms with E-state index >= 15 is 0 Å². The normalized spacial score (nSPS) is 14.6. The minimum absolute atomic E-state index is 0.107. The van der Waals surface area contributed by atoms with Crippen LogP contribution in [0.1, 0.15) is 34.3 Å². The van der Waals surface area contributed by atoms with E-state index in [1.807, 2.05) is 43.3 Å². The molecule has 29 heavy (non-hydrogen) atoms. The fraction of sp³-hybridized carbons (Fsp3) is 0.280. The number of anilines is 2. The van der Waals surface area contributed by atoms with E-state index in [0.717, 1.165) is 42.5 Å². The molecule has 1 aromatic heterocycles.